The molecule has 0 fully saturated rings. The van der Waals surface area contributed by atoms with Crippen molar-refractivity contribution < 1.29 is 5.48 Å². The minimum Gasteiger partial charge on any atom is -0.412 e. The molecule has 5 N–H and O–H groups in total. The maximum atomic E-state index is 5.44. The molecular formula is C13H20Cl2N4O. The Hall–Kier alpha value is -1.40. The number of anilines is 1. The van der Waals surface area contributed by atoms with Gasteiger partial charge in [0.2, 0.25) is 0 Å². The van der Waals surface area contributed by atoms with Crippen molar-refractivity contribution in [2.45, 2.75) is 6.92 Å². The van der Waals surface area contributed by atoms with Crippen LogP contribution in [-0.2, 0) is 0 Å². The number of nitrogens with one attached hydrogen (secondary N) is 1. The van der Waals surface area contributed by atoms with Crippen LogP contribution in [0.3, 0.4) is 0 Å². The largest absolute Gasteiger partial charge is 0.412 e. The summed E-state index contributed by atoms with van der Waals surface area (Å²) in [6.07, 6.45) is 0. The van der Waals surface area contributed by atoms with Gasteiger partial charge in [0.1, 0.15) is 0 Å². The number of nitrogens with two attached hydrogens (primary N) is 1. The SMILES string of the molecule is Cc1cc(-c2ccccc2)nnc1NCCN.Cl.Cl.O. The van der Waals surface area contributed by atoms with E-state index in [0.717, 1.165) is 22.6 Å². The lowest BCUT2D eigenvalue weighted by Gasteiger charge is -2.07. The van der Waals surface area contributed by atoms with Gasteiger partial charge in [-0.2, -0.15) is 0 Å². The highest BCUT2D eigenvalue weighted by Gasteiger charge is 2.04. The van der Waals surface area contributed by atoms with Gasteiger partial charge >= 0.3 is 0 Å². The Morgan fingerprint density at radius 3 is 2.30 bits per heavy atom. The van der Waals surface area contributed by atoms with Gasteiger partial charge in [-0.05, 0) is 18.6 Å². The first-order valence-electron chi connectivity index (χ1n) is 5.65. The molecule has 1 aromatic carbocycles. The number of halogens is 2. The highest BCUT2D eigenvalue weighted by atomic mass is 35.5. The quantitative estimate of drug-likeness (QED) is 0.899. The maximum absolute atomic E-state index is 5.44. The third-order valence-corrected chi connectivity index (χ3v) is 2.49. The van der Waals surface area contributed by atoms with Gasteiger partial charge in [0.15, 0.2) is 5.82 Å². The summed E-state index contributed by atoms with van der Waals surface area (Å²) < 4.78 is 0. The van der Waals surface area contributed by atoms with Crippen molar-refractivity contribution in [2.24, 2.45) is 5.73 Å². The van der Waals surface area contributed by atoms with E-state index >= 15 is 0 Å². The Bertz CT molecular complexity index is 497. The van der Waals surface area contributed by atoms with Crippen molar-refractivity contribution in [3.05, 3.63) is 42.0 Å². The van der Waals surface area contributed by atoms with Gasteiger partial charge in [-0.25, -0.2) is 0 Å². The van der Waals surface area contributed by atoms with Crippen LogP contribution >= 0.6 is 24.8 Å². The second-order valence-corrected chi connectivity index (χ2v) is 3.84. The minimum absolute atomic E-state index is 0. The fraction of sp³-hybridized carbons (Fsp3) is 0.231. The smallest absolute Gasteiger partial charge is 0.151 e. The van der Waals surface area contributed by atoms with Gasteiger partial charge in [0.25, 0.3) is 0 Å². The van der Waals surface area contributed by atoms with Crippen LogP contribution < -0.4 is 11.1 Å². The fourth-order valence-electron chi connectivity index (χ4n) is 1.60. The van der Waals surface area contributed by atoms with E-state index in [-0.39, 0.29) is 30.3 Å². The Morgan fingerprint density at radius 2 is 1.75 bits per heavy atom. The van der Waals surface area contributed by atoms with Crippen LogP contribution in [-0.4, -0.2) is 28.8 Å². The number of benzene rings is 1. The van der Waals surface area contributed by atoms with Crippen LogP contribution in [0.2, 0.25) is 0 Å². The first-order chi connectivity index (χ1) is 8.31. The van der Waals surface area contributed by atoms with Crippen LogP contribution in [0.15, 0.2) is 36.4 Å². The van der Waals surface area contributed by atoms with E-state index in [1.807, 2.05) is 43.3 Å². The molecule has 0 atom stereocenters. The molecular weight excluding hydrogens is 299 g/mol. The third-order valence-electron chi connectivity index (χ3n) is 2.49. The zero-order valence-corrected chi connectivity index (χ0v) is 12.8. The Morgan fingerprint density at radius 1 is 1.10 bits per heavy atom. The average Bonchev–Trinajstić information content (AvgIpc) is 2.38. The molecule has 0 unspecified atom stereocenters. The molecule has 0 spiro atoms. The van der Waals surface area contributed by atoms with Crippen molar-refractivity contribution in [2.75, 3.05) is 18.4 Å². The summed E-state index contributed by atoms with van der Waals surface area (Å²) in [4.78, 5) is 0. The summed E-state index contributed by atoms with van der Waals surface area (Å²) in [6.45, 7) is 3.31. The third kappa shape index (κ3) is 5.30. The molecule has 0 aliphatic rings. The molecule has 0 amide bonds. The zero-order valence-electron chi connectivity index (χ0n) is 11.2. The topological polar surface area (TPSA) is 95.3 Å². The second kappa shape index (κ2) is 10.4. The minimum atomic E-state index is 0. The first kappa shape index (κ1) is 20.9. The van der Waals surface area contributed by atoms with Crippen molar-refractivity contribution in [1.82, 2.24) is 10.2 Å². The Balaban J connectivity index is 0. The highest BCUT2D eigenvalue weighted by molar-refractivity contribution is 5.85. The highest BCUT2D eigenvalue weighted by Crippen LogP contribution is 2.19. The summed E-state index contributed by atoms with van der Waals surface area (Å²) in [5.41, 5.74) is 8.48. The summed E-state index contributed by atoms with van der Waals surface area (Å²) in [5, 5.41) is 11.5. The molecule has 1 heterocycles. The van der Waals surface area contributed by atoms with Crippen molar-refractivity contribution >= 4 is 30.6 Å². The van der Waals surface area contributed by atoms with Crippen molar-refractivity contribution in [3.8, 4) is 11.3 Å². The van der Waals surface area contributed by atoms with Gasteiger partial charge in [-0.3, -0.25) is 0 Å². The van der Waals surface area contributed by atoms with Gasteiger partial charge in [0.05, 0.1) is 5.69 Å². The van der Waals surface area contributed by atoms with Crippen LogP contribution in [0.1, 0.15) is 5.56 Å². The van der Waals surface area contributed by atoms with Crippen LogP contribution in [0, 0.1) is 6.92 Å². The predicted molar refractivity (Wildman–Crippen MR) is 87.9 cm³/mol. The molecule has 1 aromatic heterocycles. The van der Waals surface area contributed by atoms with Gasteiger partial charge in [-0.15, -0.1) is 35.0 Å². The number of hydrogen-bond donors (Lipinski definition) is 2. The van der Waals surface area contributed by atoms with Gasteiger partial charge in [-0.1, -0.05) is 30.3 Å². The summed E-state index contributed by atoms with van der Waals surface area (Å²) >= 11 is 0. The molecule has 0 aliphatic carbocycles. The van der Waals surface area contributed by atoms with E-state index in [9.17, 15) is 0 Å². The summed E-state index contributed by atoms with van der Waals surface area (Å²) in [5.74, 6) is 0.801. The van der Waals surface area contributed by atoms with E-state index in [1.165, 1.54) is 0 Å². The summed E-state index contributed by atoms with van der Waals surface area (Å²) in [6, 6.07) is 12.1. The number of aryl methyl sites for hydroxylation is 1. The van der Waals surface area contributed by atoms with Gasteiger partial charge < -0.3 is 16.5 Å². The molecule has 20 heavy (non-hydrogen) atoms. The molecule has 2 rings (SSSR count). The van der Waals surface area contributed by atoms with Crippen LogP contribution in [0.4, 0.5) is 5.82 Å². The molecule has 5 nitrogen and oxygen atoms in total. The molecule has 112 valence electrons. The zero-order chi connectivity index (χ0) is 12.1. The lowest BCUT2D eigenvalue weighted by molar-refractivity contribution is 0.824. The van der Waals surface area contributed by atoms with Crippen LogP contribution in [0.25, 0.3) is 11.3 Å². The fourth-order valence-corrected chi connectivity index (χ4v) is 1.60. The molecule has 0 saturated heterocycles. The molecule has 2 aromatic rings. The molecule has 0 aliphatic heterocycles. The first-order valence-corrected chi connectivity index (χ1v) is 5.65. The maximum Gasteiger partial charge on any atom is 0.151 e. The van der Waals surface area contributed by atoms with Gasteiger partial charge in [0, 0.05) is 18.7 Å². The van der Waals surface area contributed by atoms with E-state index in [2.05, 4.69) is 15.5 Å². The van der Waals surface area contributed by atoms with Crippen LogP contribution in [0.5, 0.6) is 0 Å². The van der Waals surface area contributed by atoms with E-state index in [4.69, 9.17) is 5.73 Å². The normalized spacial score (nSPS) is 8.70. The summed E-state index contributed by atoms with van der Waals surface area (Å²) in [7, 11) is 0. The predicted octanol–water partition coefficient (Wildman–Crippen LogP) is 1.84. The lowest BCUT2D eigenvalue weighted by Crippen LogP contribution is -2.15. The van der Waals surface area contributed by atoms with Crippen molar-refractivity contribution in [3.63, 3.8) is 0 Å². The number of aromatic nitrogens is 2. The average molecular weight is 319 g/mol. The lowest BCUT2D eigenvalue weighted by atomic mass is 10.1. The van der Waals surface area contributed by atoms with E-state index < -0.39 is 0 Å². The molecule has 7 heteroatoms. The van der Waals surface area contributed by atoms with Crippen molar-refractivity contribution in [1.29, 1.82) is 0 Å². The van der Waals surface area contributed by atoms with E-state index in [0.29, 0.717) is 13.1 Å². The Labute approximate surface area is 131 Å². The molecule has 0 saturated carbocycles. The standard InChI is InChI=1S/C13H16N4.2ClH.H2O/c1-10-9-12(11-5-3-2-4-6-11)16-17-13(10)15-8-7-14;;;/h2-6,9H,7-8,14H2,1H3,(H,15,17);2*1H;1H2. The number of hydrogen-bond acceptors (Lipinski definition) is 4. The second-order valence-electron chi connectivity index (χ2n) is 3.84. The Kier molecular flexibility index (Phi) is 10.9. The molecule has 0 radical (unpaired) electrons. The monoisotopic (exact) mass is 318 g/mol. The number of rotatable bonds is 4. The number of nitrogens with zero attached hydrogens (tertiary/aromatic N) is 2. The van der Waals surface area contributed by atoms with E-state index in [1.54, 1.807) is 0 Å². The molecule has 0 bridgehead atoms.